The van der Waals surface area contributed by atoms with Crippen molar-refractivity contribution in [1.29, 1.82) is 5.26 Å². The van der Waals surface area contributed by atoms with Gasteiger partial charge in [0, 0.05) is 74.3 Å². The summed E-state index contributed by atoms with van der Waals surface area (Å²) in [5, 5.41) is 39.3. The van der Waals surface area contributed by atoms with Gasteiger partial charge in [-0.25, -0.2) is 14.3 Å². The smallest absolute Gasteiger partial charge is 0.269 e. The lowest BCUT2D eigenvalue weighted by Crippen LogP contribution is -2.37. The molecule has 16 heteroatoms. The first-order chi connectivity index (χ1) is 27.7. The first kappa shape index (κ1) is 39.4. The molecule has 0 unspecified atom stereocenters. The van der Waals surface area contributed by atoms with Gasteiger partial charge in [0.2, 0.25) is 11.2 Å². The molecule has 2 saturated heterocycles. The number of hydrogen-bond donors (Lipinski definition) is 4. The summed E-state index contributed by atoms with van der Waals surface area (Å²) in [5.74, 6) is 9.00. The van der Waals surface area contributed by atoms with Crippen molar-refractivity contribution in [1.82, 2.24) is 34.3 Å². The fraction of sp³-hybridized carbons (Fsp3) is 0.381. The molecule has 8 rings (SSSR count). The maximum absolute atomic E-state index is 12.2. The zero-order chi connectivity index (χ0) is 41.4. The Morgan fingerprint density at radius 3 is 1.71 bits per heavy atom. The van der Waals surface area contributed by atoms with Crippen molar-refractivity contribution in [3.05, 3.63) is 87.3 Å². The van der Waals surface area contributed by atoms with E-state index in [9.17, 15) is 34.7 Å². The molecule has 2 aliphatic heterocycles. The fourth-order valence-corrected chi connectivity index (χ4v) is 7.78. The van der Waals surface area contributed by atoms with Gasteiger partial charge in [0.25, 0.3) is 23.6 Å². The molecule has 58 heavy (non-hydrogen) atoms. The summed E-state index contributed by atoms with van der Waals surface area (Å²) in [7, 11) is 3.25. The lowest BCUT2D eigenvalue weighted by molar-refractivity contribution is -0.138. The highest BCUT2D eigenvalue weighted by molar-refractivity contribution is 5.93. The van der Waals surface area contributed by atoms with Crippen molar-refractivity contribution in [2.75, 3.05) is 27.2 Å². The van der Waals surface area contributed by atoms with Crippen molar-refractivity contribution in [2.45, 2.75) is 75.4 Å². The number of pyridine rings is 1. The minimum Gasteiger partial charge on any atom is -0.369 e. The minimum absolute atomic E-state index is 0.214. The number of amides is 4. The third-order valence-electron chi connectivity index (χ3n) is 11.0. The average molecular weight is 783 g/mol. The van der Waals surface area contributed by atoms with Crippen LogP contribution >= 0.6 is 0 Å². The molecule has 2 aliphatic carbocycles. The third kappa shape index (κ3) is 7.41. The highest BCUT2D eigenvalue weighted by Crippen LogP contribution is 2.29. The molecule has 3 aromatic heterocycles. The molecule has 4 aromatic rings. The largest absolute Gasteiger partial charge is 0.369 e. The van der Waals surface area contributed by atoms with Crippen LogP contribution in [-0.4, -0.2) is 107 Å². The number of likely N-dealkylation sites (N-methyl/N-ethyl adjacent to an activating group) is 2. The Balaban J connectivity index is 0.000000177. The Kier molecular flexibility index (Phi) is 10.6. The molecule has 296 valence electrons. The second-order valence-electron chi connectivity index (χ2n) is 14.9. The molecule has 6 N–H and O–H groups in total. The maximum Gasteiger partial charge on any atom is 0.269 e. The topological polar surface area (TPSA) is 240 Å². The van der Waals surface area contributed by atoms with E-state index in [1.54, 1.807) is 60.0 Å². The molecule has 4 amide bonds. The van der Waals surface area contributed by atoms with Gasteiger partial charge in [-0.3, -0.25) is 19.2 Å². The van der Waals surface area contributed by atoms with E-state index in [4.69, 9.17) is 11.5 Å². The number of aliphatic hydroxyl groups is 2. The van der Waals surface area contributed by atoms with Gasteiger partial charge in [0.05, 0.1) is 16.9 Å². The number of aromatic nitrogens is 5. The van der Waals surface area contributed by atoms with Crippen LogP contribution < -0.4 is 11.5 Å². The number of rotatable bonds is 4. The van der Waals surface area contributed by atoms with Crippen LogP contribution in [0.15, 0.2) is 36.5 Å². The Morgan fingerprint density at radius 1 is 0.724 bits per heavy atom. The second kappa shape index (κ2) is 15.6. The van der Waals surface area contributed by atoms with Crippen LogP contribution in [0.25, 0.3) is 11.4 Å². The van der Waals surface area contributed by atoms with E-state index in [0.717, 1.165) is 73.9 Å². The molecular formula is C42H42N10O6. The average Bonchev–Trinajstić information content (AvgIpc) is 3.96. The number of nitrogens with zero attached hydrogens (tertiary/aromatic N) is 8. The molecule has 5 heterocycles. The van der Waals surface area contributed by atoms with E-state index < -0.39 is 34.8 Å². The van der Waals surface area contributed by atoms with E-state index in [0.29, 0.717) is 47.0 Å². The van der Waals surface area contributed by atoms with E-state index in [2.05, 4.69) is 44.9 Å². The minimum atomic E-state index is -1.75. The summed E-state index contributed by atoms with van der Waals surface area (Å²) in [6, 6.07) is 10.6. The normalized spacial score (nSPS) is 20.7. The van der Waals surface area contributed by atoms with Gasteiger partial charge in [0.1, 0.15) is 11.8 Å². The summed E-state index contributed by atoms with van der Waals surface area (Å²) in [6.07, 6.45) is 9.20. The SMILES string of the molecule is CN1CC[C@@](O)(C#Cc2cc(-n3nc(C(N)=O)c4c3CCCC4)ccc2C#N)C1=O.CN1CC[C@@](O)(C#Cc2cc(-n3nc(C(N)=O)c4c3CCCC4)ccn2)C1=O. The van der Waals surface area contributed by atoms with Crippen LogP contribution in [0.3, 0.4) is 0 Å². The zero-order valence-electron chi connectivity index (χ0n) is 32.2. The molecule has 0 bridgehead atoms. The highest BCUT2D eigenvalue weighted by atomic mass is 16.3. The van der Waals surface area contributed by atoms with Gasteiger partial charge in [-0.05, 0) is 87.6 Å². The van der Waals surface area contributed by atoms with Crippen molar-refractivity contribution in [3.63, 3.8) is 0 Å². The zero-order valence-corrected chi connectivity index (χ0v) is 32.2. The number of benzene rings is 1. The van der Waals surface area contributed by atoms with Crippen molar-refractivity contribution in [2.24, 2.45) is 11.5 Å². The molecule has 0 saturated carbocycles. The first-order valence-electron chi connectivity index (χ1n) is 19.1. The van der Waals surface area contributed by atoms with Gasteiger partial charge < -0.3 is 31.5 Å². The summed E-state index contributed by atoms with van der Waals surface area (Å²) < 4.78 is 3.41. The Labute approximate surface area is 334 Å². The predicted octanol–water partition coefficient (Wildman–Crippen LogP) is 0.856. The van der Waals surface area contributed by atoms with Crippen LogP contribution in [0.4, 0.5) is 0 Å². The third-order valence-corrected chi connectivity index (χ3v) is 11.0. The van der Waals surface area contributed by atoms with Crippen molar-refractivity contribution < 1.29 is 29.4 Å². The number of fused-ring (bicyclic) bond motifs is 2. The molecule has 0 radical (unpaired) electrons. The van der Waals surface area contributed by atoms with Crippen LogP contribution in [0, 0.1) is 35.0 Å². The number of nitrogens with two attached hydrogens (primary N) is 2. The summed E-state index contributed by atoms with van der Waals surface area (Å²) >= 11 is 0. The standard InChI is InChI=1S/C22H21N5O3.C20H21N5O3/c1-26-11-10-22(30,21(26)29)9-8-14-12-16(7-6-15(14)13-23)27-18-5-3-2-4-17(18)19(25-27)20(24)28;1-24-11-9-20(28,19(24)27)8-6-13-12-14(7-10-22-13)25-16-5-3-2-4-15(16)17(23-25)18(21)26/h6-7,12,30H,2-5,10-11H2,1H3,(H2,24,28);7,10,12,28H,2-5,9,11H2,1H3,(H2,21,26)/t22-;20-/m00/s1. The van der Waals surface area contributed by atoms with E-state index in [-0.39, 0.29) is 18.5 Å². The van der Waals surface area contributed by atoms with Crippen LogP contribution in [0.5, 0.6) is 0 Å². The summed E-state index contributed by atoms with van der Waals surface area (Å²) in [5.41, 5.74) is 14.4. The number of carbonyl (C=O) groups is 4. The number of nitriles is 1. The number of carbonyl (C=O) groups excluding carboxylic acids is 4. The second-order valence-corrected chi connectivity index (χ2v) is 14.9. The monoisotopic (exact) mass is 782 g/mol. The lowest BCUT2D eigenvalue weighted by atomic mass is 9.95. The molecular weight excluding hydrogens is 741 g/mol. The highest BCUT2D eigenvalue weighted by Gasteiger charge is 2.43. The van der Waals surface area contributed by atoms with E-state index >= 15 is 0 Å². The Morgan fingerprint density at radius 2 is 1.22 bits per heavy atom. The van der Waals surface area contributed by atoms with E-state index in [1.165, 1.54) is 9.80 Å². The number of likely N-dealkylation sites (tertiary alicyclic amines) is 2. The van der Waals surface area contributed by atoms with Gasteiger partial charge in [-0.2, -0.15) is 15.5 Å². The predicted molar refractivity (Wildman–Crippen MR) is 208 cm³/mol. The van der Waals surface area contributed by atoms with Gasteiger partial charge in [0.15, 0.2) is 11.4 Å². The molecule has 2 fully saturated rings. The van der Waals surface area contributed by atoms with Crippen molar-refractivity contribution >= 4 is 23.6 Å². The molecule has 16 nitrogen and oxygen atoms in total. The molecule has 0 spiro atoms. The van der Waals surface area contributed by atoms with Gasteiger partial charge in [-0.15, -0.1) is 0 Å². The molecule has 4 aliphatic rings. The summed E-state index contributed by atoms with van der Waals surface area (Å²) in [6.45, 7) is 0.886. The lowest BCUT2D eigenvalue weighted by Gasteiger charge is -2.15. The van der Waals surface area contributed by atoms with Crippen LogP contribution in [0.2, 0.25) is 0 Å². The summed E-state index contributed by atoms with van der Waals surface area (Å²) in [4.78, 5) is 54.9. The molecule has 1 aromatic carbocycles. The van der Waals surface area contributed by atoms with E-state index in [1.807, 2.05) is 0 Å². The van der Waals surface area contributed by atoms with Gasteiger partial charge >= 0.3 is 0 Å². The number of primary amides is 2. The Hall–Kier alpha value is -6.80. The fourth-order valence-electron chi connectivity index (χ4n) is 7.78. The quantitative estimate of drug-likeness (QED) is 0.213. The first-order valence-corrected chi connectivity index (χ1v) is 19.1. The van der Waals surface area contributed by atoms with Crippen LogP contribution in [0.1, 0.15) is 98.8 Å². The van der Waals surface area contributed by atoms with Crippen molar-refractivity contribution in [3.8, 4) is 41.1 Å². The number of hydrogen-bond acceptors (Lipinski definition) is 10. The van der Waals surface area contributed by atoms with Crippen LogP contribution in [-0.2, 0) is 35.3 Å². The molecule has 2 atom stereocenters. The Bertz CT molecular complexity index is 2540. The van der Waals surface area contributed by atoms with Gasteiger partial charge in [-0.1, -0.05) is 17.8 Å². The maximum atomic E-state index is 12.2.